The Morgan fingerprint density at radius 3 is 2.82 bits per heavy atom. The Bertz CT molecular complexity index is 323. The Hall–Kier alpha value is -0.420. The summed E-state index contributed by atoms with van der Waals surface area (Å²) in [5.41, 5.74) is 1.33. The van der Waals surface area contributed by atoms with E-state index in [0.717, 1.165) is 32.8 Å². The minimum Gasteiger partial charge on any atom is -0.375 e. The molecule has 1 N–H and O–H groups in total. The molecule has 0 aliphatic carbocycles. The average molecular weight is 256 g/mol. The van der Waals surface area contributed by atoms with Crippen LogP contribution in [-0.2, 0) is 17.9 Å². The molecule has 4 heteroatoms. The summed E-state index contributed by atoms with van der Waals surface area (Å²) in [6, 6.07) is 2.26. The molecule has 0 radical (unpaired) electrons. The van der Waals surface area contributed by atoms with Crippen LogP contribution in [0.2, 0.25) is 0 Å². The standard InChI is InChI=1S/C13H24N2OS/c1-5-14-9-13-8-12(11(2)17-13)10-16-7-6-15(3)4/h8,14H,5-7,9-10H2,1-4H3. The van der Waals surface area contributed by atoms with E-state index in [2.05, 4.69) is 44.2 Å². The average Bonchev–Trinajstić information content (AvgIpc) is 2.62. The van der Waals surface area contributed by atoms with Crippen molar-refractivity contribution in [1.82, 2.24) is 10.2 Å². The lowest BCUT2D eigenvalue weighted by Gasteiger charge is -2.09. The van der Waals surface area contributed by atoms with Gasteiger partial charge in [0, 0.05) is 22.8 Å². The molecule has 98 valence electrons. The summed E-state index contributed by atoms with van der Waals surface area (Å²) in [7, 11) is 4.13. The van der Waals surface area contributed by atoms with Crippen molar-refractivity contribution < 1.29 is 4.74 Å². The van der Waals surface area contributed by atoms with Crippen LogP contribution in [0, 0.1) is 6.92 Å². The molecule has 1 aromatic heterocycles. The van der Waals surface area contributed by atoms with Crippen LogP contribution in [0.15, 0.2) is 6.07 Å². The normalized spacial score (nSPS) is 11.4. The van der Waals surface area contributed by atoms with Gasteiger partial charge in [0.25, 0.3) is 0 Å². The van der Waals surface area contributed by atoms with Gasteiger partial charge in [-0.15, -0.1) is 11.3 Å². The lowest BCUT2D eigenvalue weighted by molar-refractivity contribution is 0.105. The van der Waals surface area contributed by atoms with Gasteiger partial charge in [-0.1, -0.05) is 6.92 Å². The van der Waals surface area contributed by atoms with Gasteiger partial charge in [-0.25, -0.2) is 0 Å². The number of nitrogens with one attached hydrogen (secondary N) is 1. The van der Waals surface area contributed by atoms with Gasteiger partial charge in [-0.3, -0.25) is 0 Å². The Kier molecular flexibility index (Phi) is 6.73. The summed E-state index contributed by atoms with van der Waals surface area (Å²) in [5, 5.41) is 3.35. The van der Waals surface area contributed by atoms with E-state index in [1.807, 2.05) is 11.3 Å². The van der Waals surface area contributed by atoms with Gasteiger partial charge in [0.05, 0.1) is 13.2 Å². The largest absolute Gasteiger partial charge is 0.375 e. The smallest absolute Gasteiger partial charge is 0.0728 e. The Balaban J connectivity index is 2.34. The molecule has 1 heterocycles. The van der Waals surface area contributed by atoms with Crippen LogP contribution in [-0.4, -0.2) is 38.7 Å². The highest BCUT2D eigenvalue weighted by molar-refractivity contribution is 7.12. The topological polar surface area (TPSA) is 24.5 Å². The first-order valence-electron chi connectivity index (χ1n) is 6.14. The van der Waals surface area contributed by atoms with Gasteiger partial charge < -0.3 is 15.0 Å². The number of rotatable bonds is 8. The second-order valence-corrected chi connectivity index (χ2v) is 5.77. The number of thiophene rings is 1. The van der Waals surface area contributed by atoms with Crippen LogP contribution in [0.3, 0.4) is 0 Å². The van der Waals surface area contributed by atoms with Crippen LogP contribution < -0.4 is 5.32 Å². The quantitative estimate of drug-likeness (QED) is 0.722. The summed E-state index contributed by atoms with van der Waals surface area (Å²) in [6.45, 7) is 8.81. The molecule has 0 bridgehead atoms. The van der Waals surface area contributed by atoms with Crippen molar-refractivity contribution >= 4 is 11.3 Å². The minimum atomic E-state index is 0.738. The predicted octanol–water partition coefficient (Wildman–Crippen LogP) is 2.24. The van der Waals surface area contributed by atoms with Gasteiger partial charge in [-0.2, -0.15) is 0 Å². The highest BCUT2D eigenvalue weighted by Crippen LogP contribution is 2.22. The van der Waals surface area contributed by atoms with Crippen LogP contribution in [0.4, 0.5) is 0 Å². The molecule has 3 nitrogen and oxygen atoms in total. The van der Waals surface area contributed by atoms with E-state index >= 15 is 0 Å². The third kappa shape index (κ3) is 5.64. The van der Waals surface area contributed by atoms with Crippen molar-refractivity contribution in [3.05, 3.63) is 21.4 Å². The van der Waals surface area contributed by atoms with Gasteiger partial charge in [0.15, 0.2) is 0 Å². The number of hydrogen-bond donors (Lipinski definition) is 1. The molecule has 0 aromatic carbocycles. The molecule has 1 aromatic rings. The summed E-state index contributed by atoms with van der Waals surface area (Å²) in [5.74, 6) is 0. The van der Waals surface area contributed by atoms with Gasteiger partial charge >= 0.3 is 0 Å². The molecule has 17 heavy (non-hydrogen) atoms. The van der Waals surface area contributed by atoms with Crippen molar-refractivity contribution in [2.45, 2.75) is 27.0 Å². The van der Waals surface area contributed by atoms with Crippen molar-refractivity contribution in [2.75, 3.05) is 33.8 Å². The van der Waals surface area contributed by atoms with Gasteiger partial charge in [-0.05, 0) is 39.2 Å². The molecule has 0 aliphatic rings. The highest BCUT2D eigenvalue weighted by atomic mass is 32.1. The van der Waals surface area contributed by atoms with Crippen LogP contribution >= 0.6 is 11.3 Å². The molecule has 0 fully saturated rings. The lowest BCUT2D eigenvalue weighted by Crippen LogP contribution is -2.17. The molecule has 1 rings (SSSR count). The van der Waals surface area contributed by atoms with E-state index in [1.54, 1.807) is 0 Å². The van der Waals surface area contributed by atoms with Crippen LogP contribution in [0.25, 0.3) is 0 Å². The second kappa shape index (κ2) is 7.82. The summed E-state index contributed by atoms with van der Waals surface area (Å²) < 4.78 is 5.67. The van der Waals surface area contributed by atoms with E-state index in [1.165, 1.54) is 15.3 Å². The van der Waals surface area contributed by atoms with Crippen molar-refractivity contribution in [3.8, 4) is 0 Å². The molecule has 0 amide bonds. The predicted molar refractivity (Wildman–Crippen MR) is 74.6 cm³/mol. The molecule has 0 saturated heterocycles. The molecular weight excluding hydrogens is 232 g/mol. The fourth-order valence-corrected chi connectivity index (χ4v) is 2.51. The molecule has 0 saturated carbocycles. The van der Waals surface area contributed by atoms with E-state index in [0.29, 0.717) is 0 Å². The van der Waals surface area contributed by atoms with Crippen molar-refractivity contribution in [3.63, 3.8) is 0 Å². The molecule has 0 aliphatic heterocycles. The maximum Gasteiger partial charge on any atom is 0.0728 e. The van der Waals surface area contributed by atoms with E-state index < -0.39 is 0 Å². The zero-order chi connectivity index (χ0) is 12.7. The van der Waals surface area contributed by atoms with E-state index in [9.17, 15) is 0 Å². The SMILES string of the molecule is CCNCc1cc(COCCN(C)C)c(C)s1. The number of ether oxygens (including phenoxy) is 1. The monoisotopic (exact) mass is 256 g/mol. The zero-order valence-corrected chi connectivity index (χ0v) is 12.2. The van der Waals surface area contributed by atoms with Gasteiger partial charge in [0.2, 0.25) is 0 Å². The summed E-state index contributed by atoms with van der Waals surface area (Å²) in [4.78, 5) is 4.91. The summed E-state index contributed by atoms with van der Waals surface area (Å²) in [6.07, 6.45) is 0. The first-order valence-corrected chi connectivity index (χ1v) is 6.96. The van der Waals surface area contributed by atoms with Gasteiger partial charge in [0.1, 0.15) is 0 Å². The molecule has 0 atom stereocenters. The minimum absolute atomic E-state index is 0.738. The number of likely N-dealkylation sites (N-methyl/N-ethyl adjacent to an activating group) is 1. The van der Waals surface area contributed by atoms with Crippen molar-refractivity contribution in [2.24, 2.45) is 0 Å². The lowest BCUT2D eigenvalue weighted by atomic mass is 10.2. The number of aryl methyl sites for hydroxylation is 1. The number of nitrogens with zero attached hydrogens (tertiary/aromatic N) is 1. The Labute approximate surface area is 109 Å². The second-order valence-electron chi connectivity index (χ2n) is 4.43. The Morgan fingerprint density at radius 1 is 1.41 bits per heavy atom. The molecule has 0 unspecified atom stereocenters. The first kappa shape index (κ1) is 14.6. The third-order valence-electron chi connectivity index (χ3n) is 2.56. The summed E-state index contributed by atoms with van der Waals surface area (Å²) >= 11 is 1.87. The first-order chi connectivity index (χ1) is 8.13. The fraction of sp³-hybridized carbons (Fsp3) is 0.692. The van der Waals surface area contributed by atoms with E-state index in [4.69, 9.17) is 4.74 Å². The maximum atomic E-state index is 5.67. The zero-order valence-electron chi connectivity index (χ0n) is 11.4. The number of hydrogen-bond acceptors (Lipinski definition) is 4. The third-order valence-corrected chi connectivity index (χ3v) is 3.65. The van der Waals surface area contributed by atoms with Crippen LogP contribution in [0.1, 0.15) is 22.2 Å². The molecular formula is C13H24N2OS. The van der Waals surface area contributed by atoms with Crippen molar-refractivity contribution in [1.29, 1.82) is 0 Å². The van der Waals surface area contributed by atoms with Crippen LogP contribution in [0.5, 0.6) is 0 Å². The fourth-order valence-electron chi connectivity index (χ4n) is 1.50. The maximum absolute atomic E-state index is 5.67. The molecule has 0 spiro atoms. The van der Waals surface area contributed by atoms with E-state index in [-0.39, 0.29) is 0 Å². The highest BCUT2D eigenvalue weighted by Gasteiger charge is 2.05. The Morgan fingerprint density at radius 2 is 2.18 bits per heavy atom.